The zero-order valence-electron chi connectivity index (χ0n) is 40.4. The van der Waals surface area contributed by atoms with E-state index >= 15 is 0 Å². The number of anilines is 2. The summed E-state index contributed by atoms with van der Waals surface area (Å²) in [6, 6.07) is 3.68. The van der Waals surface area contributed by atoms with Crippen molar-refractivity contribution in [3.63, 3.8) is 0 Å². The Kier molecular flexibility index (Phi) is 13.5. The van der Waals surface area contributed by atoms with Crippen LogP contribution in [0, 0.1) is 23.3 Å². The second-order valence-corrected chi connectivity index (χ2v) is 20.5. The maximum atomic E-state index is 14.1. The van der Waals surface area contributed by atoms with E-state index in [1.165, 1.54) is 36.9 Å². The Morgan fingerprint density at radius 1 is 0.542 bits per heavy atom. The van der Waals surface area contributed by atoms with Crippen LogP contribution < -0.4 is 9.80 Å². The molecule has 2 amide bonds. The van der Waals surface area contributed by atoms with Gasteiger partial charge >= 0.3 is 12.2 Å². The van der Waals surface area contributed by atoms with Crippen LogP contribution in [0.25, 0.3) is 33.4 Å². The van der Waals surface area contributed by atoms with Gasteiger partial charge in [-0.1, -0.05) is 0 Å². The smallest absolute Gasteiger partial charge is 0.410 e. The van der Waals surface area contributed by atoms with E-state index in [4.69, 9.17) is 9.47 Å². The number of hydrogen-bond donors (Lipinski definition) is 0. The third kappa shape index (κ3) is 10.7. The van der Waals surface area contributed by atoms with Gasteiger partial charge in [0.2, 0.25) is 0 Å². The molecule has 72 heavy (non-hydrogen) atoms. The van der Waals surface area contributed by atoms with E-state index in [9.17, 15) is 44.7 Å². The Morgan fingerprint density at radius 3 is 1.19 bits per heavy atom. The predicted molar refractivity (Wildman–Crippen MR) is 251 cm³/mol. The number of nitrogens with zero attached hydrogens (tertiary/aromatic N) is 10. The molecule has 10 rings (SSSR count). The Labute approximate surface area is 409 Å². The summed E-state index contributed by atoms with van der Waals surface area (Å²) in [5, 5.41) is 1.34. The number of alkyl halides is 4. The van der Waals surface area contributed by atoms with Crippen LogP contribution in [0.5, 0.6) is 0 Å². The number of benzene rings is 2. The molecule has 14 nitrogen and oxygen atoms in total. The molecule has 4 fully saturated rings. The molecule has 2 atom stereocenters. The lowest BCUT2D eigenvalue weighted by molar-refractivity contribution is -0.0182. The highest BCUT2D eigenvalue weighted by atomic mass is 19.3. The van der Waals surface area contributed by atoms with Crippen molar-refractivity contribution in [2.75, 3.05) is 49.1 Å². The van der Waals surface area contributed by atoms with Crippen LogP contribution in [-0.2, 0) is 9.47 Å². The Bertz CT molecular complexity index is 2760. The number of fused-ring (bicyclic) bond motifs is 2. The molecule has 384 valence electrons. The average molecular weight is 1010 g/mol. The van der Waals surface area contributed by atoms with E-state index in [1.807, 2.05) is 0 Å². The number of amides is 2. The molecule has 6 aromatic rings. The van der Waals surface area contributed by atoms with Gasteiger partial charge in [0.1, 0.15) is 82.1 Å². The van der Waals surface area contributed by atoms with Gasteiger partial charge in [-0.05, 0) is 114 Å². The SMILES string of the molecule is CC(C)(C)OC(=O)N1CCN(c2ncnc3c2c(C2CC2)cn3-c2cc(F)cc(F)c2)CC1C(F)F.CC(C)(C)OC(=O)N1CCN(c2ncnc3c2c(C2CC2)cn3-c2cc(F)cc(F)c2)C[C@@H]1C(F)F. The van der Waals surface area contributed by atoms with Crippen molar-refractivity contribution in [3.8, 4) is 11.4 Å². The minimum atomic E-state index is -2.79. The standard InChI is InChI=1S/2C25H27F4N5O2/c2*1-25(2,3)36-24(35)33-7-6-32(12-19(33)21(28)29)22-20-18(14-4-5-14)11-34(23(20)31-13-30-22)17-9-15(26)8-16(27)10-17/h2*8-11,13-14,19,21H,4-7,12H2,1-3H3/t19-;/m1./s1. The Morgan fingerprint density at radius 2 is 0.889 bits per heavy atom. The summed E-state index contributed by atoms with van der Waals surface area (Å²) in [5.74, 6) is -1.48. The zero-order valence-corrected chi connectivity index (χ0v) is 40.4. The highest BCUT2D eigenvalue weighted by Gasteiger charge is 2.42. The first-order valence-electron chi connectivity index (χ1n) is 23.7. The fourth-order valence-electron chi connectivity index (χ4n) is 9.31. The van der Waals surface area contributed by atoms with E-state index in [0.29, 0.717) is 33.7 Å². The first-order chi connectivity index (χ1) is 34.0. The molecule has 2 aliphatic carbocycles. The molecular formula is C50H54F8N10O4. The van der Waals surface area contributed by atoms with Gasteiger partial charge < -0.3 is 28.4 Å². The zero-order chi connectivity index (χ0) is 51.6. The normalized spacial score (nSPS) is 18.8. The lowest BCUT2D eigenvalue weighted by Gasteiger charge is -2.41. The summed E-state index contributed by atoms with van der Waals surface area (Å²) in [6.45, 7) is 10.4. The van der Waals surface area contributed by atoms with Crippen LogP contribution in [-0.4, -0.2) is 126 Å². The first kappa shape index (κ1) is 50.2. The molecule has 0 spiro atoms. The van der Waals surface area contributed by atoms with Gasteiger partial charge in [-0.15, -0.1) is 0 Å². The van der Waals surface area contributed by atoms with E-state index < -0.39 is 71.6 Å². The van der Waals surface area contributed by atoms with Crippen molar-refractivity contribution in [3.05, 3.63) is 95.8 Å². The summed E-state index contributed by atoms with van der Waals surface area (Å²) < 4.78 is 126. The number of hydrogen-bond acceptors (Lipinski definition) is 10. The van der Waals surface area contributed by atoms with Gasteiger partial charge in [0, 0.05) is 63.8 Å². The van der Waals surface area contributed by atoms with E-state index in [-0.39, 0.29) is 62.5 Å². The third-order valence-corrected chi connectivity index (χ3v) is 12.7. The van der Waals surface area contributed by atoms with Crippen LogP contribution in [0.2, 0.25) is 0 Å². The van der Waals surface area contributed by atoms with E-state index in [0.717, 1.165) is 58.7 Å². The molecular weight excluding hydrogens is 957 g/mol. The number of rotatable bonds is 8. The van der Waals surface area contributed by atoms with Crippen molar-refractivity contribution in [1.82, 2.24) is 38.9 Å². The van der Waals surface area contributed by atoms with E-state index in [2.05, 4.69) is 19.9 Å². The summed E-state index contributed by atoms with van der Waals surface area (Å²) in [4.78, 5) is 48.5. The number of ether oxygens (including phenoxy) is 2. The highest BCUT2D eigenvalue weighted by molar-refractivity contribution is 5.94. The molecule has 2 saturated carbocycles. The molecule has 4 aromatic heterocycles. The quantitative estimate of drug-likeness (QED) is 0.136. The maximum absolute atomic E-state index is 14.1. The number of aromatic nitrogens is 6. The van der Waals surface area contributed by atoms with Gasteiger partial charge in [0.15, 0.2) is 0 Å². The van der Waals surface area contributed by atoms with Crippen LogP contribution in [0.1, 0.15) is 90.2 Å². The maximum Gasteiger partial charge on any atom is 0.410 e. The third-order valence-electron chi connectivity index (χ3n) is 12.7. The van der Waals surface area contributed by atoms with Gasteiger partial charge in [0.05, 0.1) is 22.1 Å². The van der Waals surface area contributed by atoms with E-state index in [1.54, 1.807) is 72.9 Å². The van der Waals surface area contributed by atoms with Crippen molar-refractivity contribution in [1.29, 1.82) is 0 Å². The van der Waals surface area contributed by atoms with Crippen molar-refractivity contribution in [2.45, 2.75) is 115 Å². The summed E-state index contributed by atoms with van der Waals surface area (Å²) in [6.07, 6.45) is 2.86. The fourth-order valence-corrected chi connectivity index (χ4v) is 9.31. The molecule has 0 N–H and O–H groups in total. The number of piperazine rings is 2. The Hall–Kier alpha value is -6.74. The molecule has 0 radical (unpaired) electrons. The van der Waals surface area contributed by atoms with Crippen LogP contribution in [0.15, 0.2) is 61.4 Å². The summed E-state index contributed by atoms with van der Waals surface area (Å²) >= 11 is 0. The van der Waals surface area contributed by atoms with Crippen molar-refractivity contribution in [2.24, 2.45) is 0 Å². The van der Waals surface area contributed by atoms with Crippen molar-refractivity contribution >= 4 is 45.9 Å². The van der Waals surface area contributed by atoms with Crippen molar-refractivity contribution < 1.29 is 54.2 Å². The minimum Gasteiger partial charge on any atom is -0.444 e. The number of carbonyl (C=O) groups excluding carboxylic acids is 2. The fraction of sp³-hybridized carbons (Fsp3) is 0.480. The lowest BCUT2D eigenvalue weighted by Crippen LogP contribution is -2.59. The topological polar surface area (TPSA) is 127 Å². The molecule has 4 aliphatic rings. The predicted octanol–water partition coefficient (Wildman–Crippen LogP) is 10.5. The second kappa shape index (κ2) is 19.4. The monoisotopic (exact) mass is 1010 g/mol. The molecule has 0 bridgehead atoms. The molecule has 2 saturated heterocycles. The van der Waals surface area contributed by atoms with Gasteiger partial charge in [-0.3, -0.25) is 9.80 Å². The lowest BCUT2D eigenvalue weighted by atomic mass is 10.1. The van der Waals surface area contributed by atoms with Gasteiger partial charge in [-0.25, -0.2) is 64.6 Å². The molecule has 6 heterocycles. The summed E-state index contributed by atoms with van der Waals surface area (Å²) in [5.41, 5.74) is 1.63. The Balaban J connectivity index is 0.000000178. The largest absolute Gasteiger partial charge is 0.444 e. The van der Waals surface area contributed by atoms with Crippen LogP contribution in [0.3, 0.4) is 0 Å². The minimum absolute atomic E-state index is 0.0317. The van der Waals surface area contributed by atoms with Crippen LogP contribution >= 0.6 is 0 Å². The number of halogens is 8. The number of carbonyl (C=O) groups is 2. The average Bonchev–Trinajstić information content (AvgIpc) is 4.25. The first-order valence-corrected chi connectivity index (χ1v) is 23.7. The second-order valence-electron chi connectivity index (χ2n) is 20.5. The van der Waals surface area contributed by atoms with Gasteiger partial charge in [-0.2, -0.15) is 0 Å². The van der Waals surface area contributed by atoms with Gasteiger partial charge in [0.25, 0.3) is 12.9 Å². The highest BCUT2D eigenvalue weighted by Crippen LogP contribution is 2.48. The molecule has 1 unspecified atom stereocenters. The molecule has 2 aromatic carbocycles. The molecule has 2 aliphatic heterocycles. The van der Waals surface area contributed by atoms with Crippen LogP contribution in [0.4, 0.5) is 56.3 Å². The summed E-state index contributed by atoms with van der Waals surface area (Å²) in [7, 11) is 0. The molecule has 22 heteroatoms.